The van der Waals surface area contributed by atoms with Crippen LogP contribution in [0.3, 0.4) is 0 Å². The molecule has 36 heavy (non-hydrogen) atoms. The van der Waals surface area contributed by atoms with Crippen LogP contribution in [-0.2, 0) is 22.8 Å². The molecule has 0 atom stereocenters. The van der Waals surface area contributed by atoms with Gasteiger partial charge in [-0.3, -0.25) is 4.79 Å². The smallest absolute Gasteiger partial charge is 0.251 e. The average Bonchev–Trinajstić information content (AvgIpc) is 3.64. The van der Waals surface area contributed by atoms with E-state index < -0.39 is 9.84 Å². The zero-order chi connectivity index (χ0) is 25.4. The molecule has 0 aliphatic heterocycles. The van der Waals surface area contributed by atoms with Gasteiger partial charge in [-0.15, -0.1) is 0 Å². The topological polar surface area (TPSA) is 68.2 Å². The number of benzene rings is 3. The van der Waals surface area contributed by atoms with Gasteiger partial charge in [-0.05, 0) is 85.0 Å². The van der Waals surface area contributed by atoms with Crippen LogP contribution in [0.1, 0.15) is 58.5 Å². The van der Waals surface area contributed by atoms with Crippen molar-refractivity contribution < 1.29 is 17.6 Å². The van der Waals surface area contributed by atoms with Crippen molar-refractivity contribution in [3.63, 3.8) is 0 Å². The van der Waals surface area contributed by atoms with E-state index in [2.05, 4.69) is 16.0 Å². The number of fused-ring (bicyclic) bond motifs is 1. The predicted molar refractivity (Wildman–Crippen MR) is 139 cm³/mol. The third-order valence-corrected chi connectivity index (χ3v) is 8.64. The zero-order valence-corrected chi connectivity index (χ0v) is 21.2. The summed E-state index contributed by atoms with van der Waals surface area (Å²) in [4.78, 5) is 13.2. The molecule has 5 nitrogen and oxygen atoms in total. The lowest BCUT2D eigenvalue weighted by molar-refractivity contribution is 0.0951. The molecule has 7 heteroatoms. The summed E-state index contributed by atoms with van der Waals surface area (Å²) in [5.74, 6) is -0.354. The van der Waals surface area contributed by atoms with E-state index in [0.29, 0.717) is 24.6 Å². The van der Waals surface area contributed by atoms with Crippen molar-refractivity contribution in [3.8, 4) is 0 Å². The number of hydrogen-bond donors (Lipinski definition) is 1. The van der Waals surface area contributed by atoms with E-state index in [1.165, 1.54) is 11.8 Å². The normalized spacial score (nSPS) is 13.8. The number of aromatic nitrogens is 1. The highest BCUT2D eigenvalue weighted by molar-refractivity contribution is 7.91. The van der Waals surface area contributed by atoms with E-state index in [1.807, 2.05) is 31.2 Å². The Bertz CT molecular complexity index is 1550. The van der Waals surface area contributed by atoms with Gasteiger partial charge in [0.25, 0.3) is 5.91 Å². The SMILES string of the molecule is CCS(=O)(=O)c1ccc(CNC(=O)c2ccc3c(c2)cc(Cc2ccc(F)cc2C)n3C2CC2)cc1. The Kier molecular flexibility index (Phi) is 6.43. The minimum Gasteiger partial charge on any atom is -0.348 e. The van der Waals surface area contributed by atoms with Crippen molar-refractivity contribution in [2.24, 2.45) is 0 Å². The van der Waals surface area contributed by atoms with E-state index in [1.54, 1.807) is 37.3 Å². The third kappa shape index (κ3) is 4.93. The fraction of sp³-hybridized carbons (Fsp3) is 0.276. The van der Waals surface area contributed by atoms with Crippen LogP contribution in [0.15, 0.2) is 71.6 Å². The molecule has 1 fully saturated rings. The molecular formula is C29H29FN2O3S. The van der Waals surface area contributed by atoms with E-state index in [4.69, 9.17) is 0 Å². The van der Waals surface area contributed by atoms with E-state index in [-0.39, 0.29) is 22.4 Å². The maximum absolute atomic E-state index is 13.6. The van der Waals surface area contributed by atoms with Crippen molar-refractivity contribution in [1.82, 2.24) is 9.88 Å². The second kappa shape index (κ2) is 9.54. The Labute approximate surface area is 210 Å². The average molecular weight is 505 g/mol. The second-order valence-electron chi connectivity index (χ2n) is 9.49. The van der Waals surface area contributed by atoms with Gasteiger partial charge in [0.05, 0.1) is 10.6 Å². The van der Waals surface area contributed by atoms with Crippen LogP contribution in [0, 0.1) is 12.7 Å². The number of carbonyl (C=O) groups excluding carboxylic acids is 1. The van der Waals surface area contributed by atoms with Gasteiger partial charge in [0.15, 0.2) is 9.84 Å². The lowest BCUT2D eigenvalue weighted by Crippen LogP contribution is -2.22. The summed E-state index contributed by atoms with van der Waals surface area (Å²) in [6.07, 6.45) is 2.99. The van der Waals surface area contributed by atoms with Crippen LogP contribution >= 0.6 is 0 Å². The van der Waals surface area contributed by atoms with Gasteiger partial charge in [0.1, 0.15) is 5.82 Å². The first-order chi connectivity index (χ1) is 17.2. The van der Waals surface area contributed by atoms with Gasteiger partial charge in [-0.2, -0.15) is 0 Å². The number of sulfone groups is 1. The number of rotatable bonds is 8. The first kappa shape index (κ1) is 24.3. The first-order valence-corrected chi connectivity index (χ1v) is 13.9. The van der Waals surface area contributed by atoms with Crippen LogP contribution in [0.2, 0.25) is 0 Å². The third-order valence-electron chi connectivity index (χ3n) is 6.88. The van der Waals surface area contributed by atoms with Crippen LogP contribution < -0.4 is 5.32 Å². The molecule has 0 unspecified atom stereocenters. The molecule has 186 valence electrons. The monoisotopic (exact) mass is 504 g/mol. The Morgan fingerprint density at radius 3 is 2.44 bits per heavy atom. The number of aryl methyl sites for hydroxylation is 1. The molecule has 0 bridgehead atoms. The van der Waals surface area contributed by atoms with E-state index >= 15 is 0 Å². The van der Waals surface area contributed by atoms with Crippen molar-refractivity contribution in [1.29, 1.82) is 0 Å². The van der Waals surface area contributed by atoms with Crippen LogP contribution in [-0.4, -0.2) is 24.6 Å². The van der Waals surface area contributed by atoms with Gasteiger partial charge in [0, 0.05) is 41.2 Å². The van der Waals surface area contributed by atoms with Gasteiger partial charge in [0.2, 0.25) is 0 Å². The minimum absolute atomic E-state index is 0.0548. The molecule has 4 aromatic rings. The summed E-state index contributed by atoms with van der Waals surface area (Å²) in [5, 5.41) is 3.94. The first-order valence-electron chi connectivity index (χ1n) is 12.2. The molecule has 0 radical (unpaired) electrons. The molecule has 5 rings (SSSR count). The lowest BCUT2D eigenvalue weighted by atomic mass is 10.0. The van der Waals surface area contributed by atoms with Crippen LogP contribution in [0.25, 0.3) is 10.9 Å². The van der Waals surface area contributed by atoms with Crippen LogP contribution in [0.4, 0.5) is 4.39 Å². The van der Waals surface area contributed by atoms with Gasteiger partial charge in [-0.25, -0.2) is 12.8 Å². The standard InChI is InChI=1S/C29H29FN2O3S/c1-3-36(34,35)27-11-4-20(5-12-27)18-31-29(33)22-7-13-28-23(15-22)17-26(32(28)25-9-10-25)16-21-6-8-24(30)14-19(21)2/h4-8,11-15,17,25H,3,9-10,16,18H2,1-2H3,(H,31,33). The van der Waals surface area contributed by atoms with Crippen molar-refractivity contribution in [2.75, 3.05) is 5.75 Å². The van der Waals surface area contributed by atoms with E-state index in [9.17, 15) is 17.6 Å². The Balaban J connectivity index is 1.35. The number of nitrogens with zero attached hydrogens (tertiary/aromatic N) is 1. The highest BCUT2D eigenvalue weighted by Gasteiger charge is 2.27. The Morgan fingerprint density at radius 1 is 1.03 bits per heavy atom. The number of halogens is 1. The van der Waals surface area contributed by atoms with Crippen LogP contribution in [0.5, 0.6) is 0 Å². The highest BCUT2D eigenvalue weighted by atomic mass is 32.2. The van der Waals surface area contributed by atoms with Crippen molar-refractivity contribution >= 4 is 26.6 Å². The van der Waals surface area contributed by atoms with E-state index in [0.717, 1.165) is 40.4 Å². The Morgan fingerprint density at radius 2 is 1.78 bits per heavy atom. The molecular weight excluding hydrogens is 475 g/mol. The predicted octanol–water partition coefficient (Wildman–Crippen LogP) is 5.74. The van der Waals surface area contributed by atoms with Gasteiger partial charge < -0.3 is 9.88 Å². The number of amides is 1. The molecule has 1 aromatic heterocycles. The minimum atomic E-state index is -3.24. The lowest BCUT2D eigenvalue weighted by Gasteiger charge is -2.11. The molecule has 1 N–H and O–H groups in total. The van der Waals surface area contributed by atoms with Gasteiger partial charge in [-0.1, -0.05) is 25.1 Å². The molecule has 0 saturated heterocycles. The fourth-order valence-corrected chi connectivity index (χ4v) is 5.54. The molecule has 1 amide bonds. The fourth-order valence-electron chi connectivity index (χ4n) is 4.65. The summed E-state index contributed by atoms with van der Waals surface area (Å²) in [6, 6.07) is 19.9. The molecule has 3 aromatic carbocycles. The molecule has 1 saturated carbocycles. The summed E-state index contributed by atoms with van der Waals surface area (Å²) in [5.41, 5.74) is 5.71. The maximum atomic E-state index is 13.6. The largest absolute Gasteiger partial charge is 0.348 e. The summed E-state index contributed by atoms with van der Waals surface area (Å²) in [7, 11) is -3.24. The summed E-state index contributed by atoms with van der Waals surface area (Å²) < 4.78 is 39.9. The Hall–Kier alpha value is -3.45. The van der Waals surface area contributed by atoms with Crippen molar-refractivity contribution in [3.05, 3.63) is 100 Å². The van der Waals surface area contributed by atoms with Crippen molar-refractivity contribution in [2.45, 2.75) is 50.6 Å². The molecule has 1 aliphatic rings. The molecule has 1 aliphatic carbocycles. The molecule has 0 spiro atoms. The molecule has 1 heterocycles. The number of carbonyl (C=O) groups is 1. The zero-order valence-electron chi connectivity index (χ0n) is 20.4. The quantitative estimate of drug-likeness (QED) is 0.333. The summed E-state index contributed by atoms with van der Waals surface area (Å²) in [6.45, 7) is 3.86. The second-order valence-corrected chi connectivity index (χ2v) is 11.8. The number of hydrogen-bond acceptors (Lipinski definition) is 3. The maximum Gasteiger partial charge on any atom is 0.251 e. The van der Waals surface area contributed by atoms with Gasteiger partial charge >= 0.3 is 0 Å². The number of nitrogens with one attached hydrogen (secondary N) is 1. The summed E-state index contributed by atoms with van der Waals surface area (Å²) >= 11 is 0. The highest BCUT2D eigenvalue weighted by Crippen LogP contribution is 2.40.